The van der Waals surface area contributed by atoms with E-state index >= 15 is 0 Å². The summed E-state index contributed by atoms with van der Waals surface area (Å²) in [4.78, 5) is 8.58. The molecule has 0 atom stereocenters. The SMILES string of the molecule is CN1C=CN(c2cccc3c2oc2ncccc23)C1. The first-order valence-corrected chi connectivity index (χ1v) is 6.24. The summed E-state index contributed by atoms with van der Waals surface area (Å²) in [6.07, 6.45) is 5.88. The lowest BCUT2D eigenvalue weighted by Gasteiger charge is -2.18. The zero-order valence-electron chi connectivity index (χ0n) is 10.6. The van der Waals surface area contributed by atoms with Crippen LogP contribution in [0.5, 0.6) is 0 Å². The number of hydrogen-bond donors (Lipinski definition) is 0. The molecule has 0 aliphatic carbocycles. The zero-order chi connectivity index (χ0) is 12.8. The minimum absolute atomic E-state index is 0.696. The van der Waals surface area contributed by atoms with Gasteiger partial charge >= 0.3 is 0 Å². The van der Waals surface area contributed by atoms with Crippen LogP contribution >= 0.6 is 0 Å². The van der Waals surface area contributed by atoms with E-state index in [9.17, 15) is 0 Å². The molecule has 19 heavy (non-hydrogen) atoms. The lowest BCUT2D eigenvalue weighted by atomic mass is 10.1. The van der Waals surface area contributed by atoms with Crippen LogP contribution < -0.4 is 4.90 Å². The van der Waals surface area contributed by atoms with Crippen LogP contribution in [0.25, 0.3) is 22.1 Å². The standard InChI is InChI=1S/C15H13N3O/c1-17-8-9-18(10-17)13-6-2-4-11-12-5-3-7-16-15(12)19-14(11)13/h2-9H,10H2,1H3. The van der Waals surface area contributed by atoms with E-state index in [4.69, 9.17) is 4.42 Å². The lowest BCUT2D eigenvalue weighted by Crippen LogP contribution is -2.21. The molecule has 4 heteroatoms. The number of benzene rings is 1. The van der Waals surface area contributed by atoms with Crippen molar-refractivity contribution in [2.24, 2.45) is 0 Å². The van der Waals surface area contributed by atoms with E-state index in [2.05, 4.69) is 52.4 Å². The second-order valence-corrected chi connectivity index (χ2v) is 4.78. The van der Waals surface area contributed by atoms with Crippen LogP contribution in [0.1, 0.15) is 0 Å². The molecule has 1 aliphatic rings. The Morgan fingerprint density at radius 2 is 2.00 bits per heavy atom. The highest BCUT2D eigenvalue weighted by Gasteiger charge is 2.17. The number of furan rings is 1. The van der Waals surface area contributed by atoms with E-state index in [1.165, 1.54) is 0 Å². The maximum Gasteiger partial charge on any atom is 0.227 e. The summed E-state index contributed by atoms with van der Waals surface area (Å²) in [5.74, 6) is 0. The highest BCUT2D eigenvalue weighted by molar-refractivity contribution is 6.07. The third-order valence-corrected chi connectivity index (χ3v) is 3.44. The van der Waals surface area contributed by atoms with Crippen LogP contribution in [-0.2, 0) is 0 Å². The highest BCUT2D eigenvalue weighted by Crippen LogP contribution is 2.34. The van der Waals surface area contributed by atoms with Gasteiger partial charge in [-0.1, -0.05) is 12.1 Å². The van der Waals surface area contributed by atoms with Crippen molar-refractivity contribution >= 4 is 27.8 Å². The molecule has 0 amide bonds. The summed E-state index contributed by atoms with van der Waals surface area (Å²) in [6.45, 7) is 0.837. The number of rotatable bonds is 1. The van der Waals surface area contributed by atoms with Gasteiger partial charge in [0.05, 0.1) is 12.4 Å². The Morgan fingerprint density at radius 1 is 1.11 bits per heavy atom. The number of fused-ring (bicyclic) bond motifs is 3. The third-order valence-electron chi connectivity index (χ3n) is 3.44. The fraction of sp³-hybridized carbons (Fsp3) is 0.133. The van der Waals surface area contributed by atoms with Crippen molar-refractivity contribution in [1.82, 2.24) is 9.88 Å². The Hall–Kier alpha value is -2.49. The fourth-order valence-corrected chi connectivity index (χ4v) is 2.53. The van der Waals surface area contributed by atoms with Crippen LogP contribution in [0.3, 0.4) is 0 Å². The van der Waals surface area contributed by atoms with Gasteiger partial charge in [-0.3, -0.25) is 0 Å². The molecule has 0 fully saturated rings. The quantitative estimate of drug-likeness (QED) is 0.665. The molecule has 94 valence electrons. The first-order chi connectivity index (χ1) is 9.33. The smallest absolute Gasteiger partial charge is 0.227 e. The molecule has 2 aromatic heterocycles. The van der Waals surface area contributed by atoms with Gasteiger partial charge in [0.25, 0.3) is 0 Å². The summed E-state index contributed by atoms with van der Waals surface area (Å²) in [7, 11) is 2.05. The molecule has 4 nitrogen and oxygen atoms in total. The molecule has 1 aliphatic heterocycles. The Bertz CT molecular complexity index is 790. The molecule has 0 bridgehead atoms. The predicted octanol–water partition coefficient (Wildman–Crippen LogP) is 3.16. The largest absolute Gasteiger partial charge is 0.436 e. The van der Waals surface area contributed by atoms with Crippen molar-refractivity contribution in [1.29, 1.82) is 0 Å². The normalized spacial score (nSPS) is 15.0. The van der Waals surface area contributed by atoms with Gasteiger partial charge in [0, 0.05) is 36.4 Å². The molecule has 0 saturated heterocycles. The maximum atomic E-state index is 5.93. The molecule has 0 saturated carbocycles. The van der Waals surface area contributed by atoms with Crippen molar-refractivity contribution < 1.29 is 4.42 Å². The topological polar surface area (TPSA) is 32.5 Å². The van der Waals surface area contributed by atoms with Gasteiger partial charge in [-0.05, 0) is 18.2 Å². The Morgan fingerprint density at radius 3 is 2.84 bits per heavy atom. The molecule has 0 radical (unpaired) electrons. The Kier molecular flexibility index (Phi) is 2.06. The molecule has 3 heterocycles. The average Bonchev–Trinajstić information content (AvgIpc) is 3.02. The molecule has 1 aromatic carbocycles. The zero-order valence-corrected chi connectivity index (χ0v) is 10.6. The monoisotopic (exact) mass is 251 g/mol. The van der Waals surface area contributed by atoms with Gasteiger partial charge in [0.2, 0.25) is 5.71 Å². The summed E-state index contributed by atoms with van der Waals surface area (Å²) in [5.41, 5.74) is 2.67. The number of anilines is 1. The lowest BCUT2D eigenvalue weighted by molar-refractivity contribution is 0.495. The van der Waals surface area contributed by atoms with Gasteiger partial charge in [-0.25, -0.2) is 4.98 Å². The summed E-state index contributed by atoms with van der Waals surface area (Å²) in [5, 5.41) is 2.18. The number of hydrogen-bond acceptors (Lipinski definition) is 4. The van der Waals surface area contributed by atoms with Crippen LogP contribution in [0.2, 0.25) is 0 Å². The van der Waals surface area contributed by atoms with Gasteiger partial charge in [-0.2, -0.15) is 0 Å². The van der Waals surface area contributed by atoms with Gasteiger partial charge in [0.1, 0.15) is 0 Å². The number of para-hydroxylation sites is 1. The minimum atomic E-state index is 0.696. The summed E-state index contributed by atoms with van der Waals surface area (Å²) >= 11 is 0. The molecular weight excluding hydrogens is 238 g/mol. The first kappa shape index (κ1) is 10.4. The van der Waals surface area contributed by atoms with Crippen molar-refractivity contribution in [3.63, 3.8) is 0 Å². The van der Waals surface area contributed by atoms with Gasteiger partial charge < -0.3 is 14.2 Å². The summed E-state index contributed by atoms with van der Waals surface area (Å²) < 4.78 is 5.93. The average molecular weight is 251 g/mol. The van der Waals surface area contributed by atoms with E-state index in [0.29, 0.717) is 5.71 Å². The van der Waals surface area contributed by atoms with Gasteiger partial charge in [0.15, 0.2) is 5.58 Å². The maximum absolute atomic E-state index is 5.93. The van der Waals surface area contributed by atoms with Crippen molar-refractivity contribution in [2.45, 2.75) is 0 Å². The van der Waals surface area contributed by atoms with E-state index in [-0.39, 0.29) is 0 Å². The number of pyridine rings is 1. The Labute approximate surface area is 110 Å². The summed E-state index contributed by atoms with van der Waals surface area (Å²) in [6, 6.07) is 10.2. The Balaban J connectivity index is 1.99. The molecule has 4 rings (SSSR count). The third kappa shape index (κ3) is 1.50. The molecule has 0 unspecified atom stereocenters. The van der Waals surface area contributed by atoms with E-state index in [0.717, 1.165) is 28.7 Å². The second kappa shape index (κ2) is 3.75. The van der Waals surface area contributed by atoms with Crippen LogP contribution in [0.15, 0.2) is 53.3 Å². The van der Waals surface area contributed by atoms with Crippen LogP contribution in [0.4, 0.5) is 5.69 Å². The van der Waals surface area contributed by atoms with Crippen molar-refractivity contribution in [2.75, 3.05) is 18.6 Å². The number of aromatic nitrogens is 1. The predicted molar refractivity (Wildman–Crippen MR) is 75.8 cm³/mol. The molecule has 0 N–H and O–H groups in total. The van der Waals surface area contributed by atoms with Crippen LogP contribution in [-0.4, -0.2) is 23.6 Å². The van der Waals surface area contributed by atoms with Crippen molar-refractivity contribution in [3.8, 4) is 0 Å². The molecule has 0 spiro atoms. The molecular formula is C15H13N3O. The van der Waals surface area contributed by atoms with Crippen molar-refractivity contribution in [3.05, 3.63) is 48.9 Å². The minimum Gasteiger partial charge on any atom is -0.436 e. The second-order valence-electron chi connectivity index (χ2n) is 4.78. The molecule has 3 aromatic rings. The first-order valence-electron chi connectivity index (χ1n) is 6.24. The van der Waals surface area contributed by atoms with E-state index in [1.807, 2.05) is 12.1 Å². The van der Waals surface area contributed by atoms with E-state index in [1.54, 1.807) is 6.20 Å². The highest BCUT2D eigenvalue weighted by atomic mass is 16.3. The number of nitrogens with zero attached hydrogens (tertiary/aromatic N) is 3. The van der Waals surface area contributed by atoms with Gasteiger partial charge in [-0.15, -0.1) is 0 Å². The fourth-order valence-electron chi connectivity index (χ4n) is 2.53. The van der Waals surface area contributed by atoms with Crippen LogP contribution in [0, 0.1) is 0 Å². The van der Waals surface area contributed by atoms with E-state index < -0.39 is 0 Å².